The third-order valence-corrected chi connectivity index (χ3v) is 12.7. The van der Waals surface area contributed by atoms with Gasteiger partial charge in [-0.3, -0.25) is 0 Å². The number of nitrogens with zero attached hydrogens (tertiary/aromatic N) is 2. The number of fused-ring (bicyclic) bond motifs is 11. The van der Waals surface area contributed by atoms with Gasteiger partial charge in [-0.15, -0.1) is 0 Å². The third-order valence-electron chi connectivity index (χ3n) is 12.7. The molecule has 0 saturated heterocycles. The van der Waals surface area contributed by atoms with Crippen molar-refractivity contribution < 1.29 is 0 Å². The summed E-state index contributed by atoms with van der Waals surface area (Å²) < 4.78 is 4.91. The van der Waals surface area contributed by atoms with Crippen LogP contribution >= 0.6 is 0 Å². The van der Waals surface area contributed by atoms with E-state index in [4.69, 9.17) is 0 Å². The van der Waals surface area contributed by atoms with E-state index in [1.54, 1.807) is 0 Å². The summed E-state index contributed by atoms with van der Waals surface area (Å²) in [7, 11) is 0. The molecule has 57 heavy (non-hydrogen) atoms. The van der Waals surface area contributed by atoms with Gasteiger partial charge in [0.1, 0.15) is 0 Å². The minimum absolute atomic E-state index is 0.150. The molecule has 0 saturated carbocycles. The topological polar surface area (TPSA) is 9.86 Å². The van der Waals surface area contributed by atoms with Gasteiger partial charge in [0.05, 0.1) is 22.1 Å². The largest absolute Gasteiger partial charge is 0.309 e. The number of aromatic nitrogens is 2. The minimum atomic E-state index is -0.150. The summed E-state index contributed by atoms with van der Waals surface area (Å²) >= 11 is 0. The van der Waals surface area contributed by atoms with E-state index in [1.807, 2.05) is 0 Å². The lowest BCUT2D eigenvalue weighted by Gasteiger charge is -2.22. The smallest absolute Gasteiger partial charge is 0.0544 e. The van der Waals surface area contributed by atoms with Gasteiger partial charge in [-0.25, -0.2) is 0 Å². The predicted molar refractivity (Wildman–Crippen MR) is 241 cm³/mol. The van der Waals surface area contributed by atoms with Crippen molar-refractivity contribution in [2.75, 3.05) is 0 Å². The molecule has 0 amide bonds. The van der Waals surface area contributed by atoms with E-state index in [1.165, 1.54) is 105 Å². The second-order valence-corrected chi connectivity index (χ2v) is 16.2. The van der Waals surface area contributed by atoms with Crippen molar-refractivity contribution in [3.05, 3.63) is 205 Å². The number of para-hydroxylation sites is 1. The summed E-state index contributed by atoms with van der Waals surface area (Å²) in [6.45, 7) is 4.80. The molecule has 0 N–H and O–H groups in total. The first-order valence-corrected chi connectivity index (χ1v) is 19.9. The highest BCUT2D eigenvalue weighted by Gasteiger charge is 2.38. The summed E-state index contributed by atoms with van der Waals surface area (Å²) in [5.41, 5.74) is 17.4. The van der Waals surface area contributed by atoms with Gasteiger partial charge in [0.2, 0.25) is 0 Å². The zero-order valence-electron chi connectivity index (χ0n) is 31.9. The van der Waals surface area contributed by atoms with Gasteiger partial charge < -0.3 is 9.13 Å². The molecule has 9 aromatic carbocycles. The van der Waals surface area contributed by atoms with Gasteiger partial charge in [0, 0.05) is 38.3 Å². The Morgan fingerprint density at radius 1 is 0.351 bits per heavy atom. The fourth-order valence-corrected chi connectivity index (χ4v) is 10.0. The molecule has 268 valence electrons. The second kappa shape index (κ2) is 11.9. The summed E-state index contributed by atoms with van der Waals surface area (Å²) in [5.74, 6) is 0. The summed E-state index contributed by atoms with van der Waals surface area (Å²) in [5, 5.41) is 7.63. The Hall–Kier alpha value is -7.16. The average Bonchev–Trinajstić information content (AvgIpc) is 3.86. The van der Waals surface area contributed by atoms with Crippen LogP contribution in [0.1, 0.15) is 25.0 Å². The van der Waals surface area contributed by atoms with Gasteiger partial charge >= 0.3 is 0 Å². The molecule has 1 aliphatic carbocycles. The standard InChI is InChI=1S/C55H38N2/c1-55(2)48-21-10-8-19-43(48)45-27-30-52-53(54(45)55)47-34-40(25-29-51(47)57(52)42-26-23-36-15-6-7-16-37(36)32-42)39-24-28-50-46(33-39)44-20-9-11-22-49(44)56(50)41-18-12-17-38(31-41)35-13-4-3-5-14-35/h3-34H,1-2H3. The van der Waals surface area contributed by atoms with Crippen molar-refractivity contribution in [1.82, 2.24) is 9.13 Å². The predicted octanol–water partition coefficient (Wildman–Crippen LogP) is 14.7. The van der Waals surface area contributed by atoms with Crippen LogP contribution in [-0.4, -0.2) is 9.13 Å². The first-order valence-electron chi connectivity index (χ1n) is 19.9. The highest BCUT2D eigenvalue weighted by molar-refractivity contribution is 6.16. The number of benzene rings is 9. The number of hydrogen-bond donors (Lipinski definition) is 0. The molecule has 2 heterocycles. The molecule has 2 heteroatoms. The lowest BCUT2D eigenvalue weighted by Crippen LogP contribution is -2.15. The zero-order chi connectivity index (χ0) is 37.8. The Morgan fingerprint density at radius 2 is 0.965 bits per heavy atom. The van der Waals surface area contributed by atoms with Crippen LogP contribution < -0.4 is 0 Å². The molecule has 2 aromatic heterocycles. The van der Waals surface area contributed by atoms with Crippen LogP contribution in [0.4, 0.5) is 0 Å². The summed E-state index contributed by atoms with van der Waals surface area (Å²) in [4.78, 5) is 0. The van der Waals surface area contributed by atoms with Crippen LogP contribution in [0.2, 0.25) is 0 Å². The Balaban J connectivity index is 1.09. The molecule has 0 radical (unpaired) electrons. The maximum absolute atomic E-state index is 2.49. The highest BCUT2D eigenvalue weighted by atomic mass is 15.0. The molecular weight excluding hydrogens is 689 g/mol. The van der Waals surface area contributed by atoms with Crippen molar-refractivity contribution in [2.45, 2.75) is 19.3 Å². The first kappa shape index (κ1) is 32.1. The van der Waals surface area contributed by atoms with Crippen molar-refractivity contribution in [3.8, 4) is 44.8 Å². The molecule has 0 atom stereocenters. The SMILES string of the molecule is CC1(C)c2ccccc2-c2ccc3c(c21)c1cc(-c2ccc4c(c2)c2ccccc2n4-c2cccc(-c4ccccc4)c2)ccc1n3-c1ccc2ccccc2c1. The number of rotatable bonds is 4. The van der Waals surface area contributed by atoms with E-state index in [2.05, 4.69) is 217 Å². The highest BCUT2D eigenvalue weighted by Crippen LogP contribution is 2.53. The minimum Gasteiger partial charge on any atom is -0.309 e. The normalized spacial score (nSPS) is 13.2. The molecule has 0 fully saturated rings. The monoisotopic (exact) mass is 726 g/mol. The van der Waals surface area contributed by atoms with Crippen molar-refractivity contribution >= 4 is 54.4 Å². The average molecular weight is 727 g/mol. The van der Waals surface area contributed by atoms with E-state index in [0.29, 0.717) is 0 Å². The van der Waals surface area contributed by atoms with E-state index < -0.39 is 0 Å². The molecule has 0 bridgehead atoms. The van der Waals surface area contributed by atoms with E-state index in [-0.39, 0.29) is 5.41 Å². The van der Waals surface area contributed by atoms with Crippen molar-refractivity contribution in [3.63, 3.8) is 0 Å². The van der Waals surface area contributed by atoms with Crippen LogP contribution in [0.3, 0.4) is 0 Å². The molecule has 0 aliphatic heterocycles. The fourth-order valence-electron chi connectivity index (χ4n) is 10.0. The quantitative estimate of drug-likeness (QED) is 0.171. The maximum atomic E-state index is 2.49. The van der Waals surface area contributed by atoms with Gasteiger partial charge in [-0.05, 0) is 116 Å². The van der Waals surface area contributed by atoms with Crippen LogP contribution in [-0.2, 0) is 5.41 Å². The van der Waals surface area contributed by atoms with Crippen LogP contribution in [0.15, 0.2) is 194 Å². The number of hydrogen-bond acceptors (Lipinski definition) is 0. The molecule has 0 spiro atoms. The lowest BCUT2D eigenvalue weighted by atomic mass is 9.80. The summed E-state index contributed by atoms with van der Waals surface area (Å²) in [6, 6.07) is 71.8. The Bertz CT molecular complexity index is 3430. The van der Waals surface area contributed by atoms with E-state index in [0.717, 1.165) is 5.69 Å². The van der Waals surface area contributed by atoms with Gasteiger partial charge in [0.15, 0.2) is 0 Å². The lowest BCUT2D eigenvalue weighted by molar-refractivity contribution is 0.666. The molecule has 1 aliphatic rings. The van der Waals surface area contributed by atoms with E-state index >= 15 is 0 Å². The van der Waals surface area contributed by atoms with Crippen LogP contribution in [0, 0.1) is 0 Å². The second-order valence-electron chi connectivity index (χ2n) is 16.2. The van der Waals surface area contributed by atoms with Crippen molar-refractivity contribution in [1.29, 1.82) is 0 Å². The van der Waals surface area contributed by atoms with Crippen LogP contribution in [0.25, 0.3) is 99.1 Å². The Labute approximate surface area is 331 Å². The van der Waals surface area contributed by atoms with Gasteiger partial charge in [0.25, 0.3) is 0 Å². The summed E-state index contributed by atoms with van der Waals surface area (Å²) in [6.07, 6.45) is 0. The van der Waals surface area contributed by atoms with Crippen LogP contribution in [0.5, 0.6) is 0 Å². The molecule has 12 rings (SSSR count). The zero-order valence-corrected chi connectivity index (χ0v) is 31.9. The third kappa shape index (κ3) is 4.65. The van der Waals surface area contributed by atoms with Gasteiger partial charge in [-0.2, -0.15) is 0 Å². The fraction of sp³-hybridized carbons (Fsp3) is 0.0545. The Kier molecular flexibility index (Phi) is 6.72. The molecule has 11 aromatic rings. The van der Waals surface area contributed by atoms with Crippen molar-refractivity contribution in [2.24, 2.45) is 0 Å². The van der Waals surface area contributed by atoms with E-state index in [9.17, 15) is 0 Å². The molecule has 2 nitrogen and oxygen atoms in total. The molecule has 0 unspecified atom stereocenters. The Morgan fingerprint density at radius 3 is 1.82 bits per heavy atom. The first-order chi connectivity index (χ1) is 28.0. The maximum Gasteiger partial charge on any atom is 0.0544 e. The molecular formula is C55H38N2. The van der Waals surface area contributed by atoms with Gasteiger partial charge in [-0.1, -0.05) is 147 Å².